The van der Waals surface area contributed by atoms with E-state index in [9.17, 15) is 10.5 Å². The lowest BCUT2D eigenvalue weighted by molar-refractivity contribution is 0.312. The monoisotopic (exact) mass is 761 g/mol. The normalized spacial score (nSPS) is 30.2. The number of nitrogens with one attached hydrogen (secondary N) is 1. The topological polar surface area (TPSA) is 75.2 Å². The molecule has 9 aliphatic rings. The highest BCUT2D eigenvalue weighted by Crippen LogP contribution is 2.67. The maximum Gasteiger partial charge on any atom is 0.167 e. The van der Waals surface area contributed by atoms with Crippen molar-refractivity contribution < 1.29 is 0 Å². The largest absolute Gasteiger partial charge is 0.365 e. The van der Waals surface area contributed by atoms with Crippen LogP contribution in [-0.4, -0.2) is 11.8 Å². The van der Waals surface area contributed by atoms with Crippen LogP contribution < -0.4 is 10.2 Å². The summed E-state index contributed by atoms with van der Waals surface area (Å²) in [6.45, 7) is 2.27. The molecule has 3 aromatic rings. The highest BCUT2D eigenvalue weighted by molar-refractivity contribution is 6.06. The Morgan fingerprint density at radius 2 is 1.54 bits per heavy atom. The lowest BCUT2D eigenvalue weighted by atomic mass is 9.57. The highest BCUT2D eigenvalue weighted by atomic mass is 15.2. The minimum absolute atomic E-state index is 0.0112. The molecular weight excluding hydrogens is 719 g/mol. The van der Waals surface area contributed by atoms with Gasteiger partial charge in [-0.15, -0.1) is 0 Å². The fraction of sp³-hybridized carbons (Fsp3) is 0.241. The molecule has 0 bridgehead atoms. The third-order valence-electron chi connectivity index (χ3n) is 15.0. The van der Waals surface area contributed by atoms with Gasteiger partial charge in [-0.2, -0.15) is 10.5 Å². The third kappa shape index (κ3) is 4.51. The zero-order valence-electron chi connectivity index (χ0n) is 33.1. The predicted molar refractivity (Wildman–Crippen MR) is 236 cm³/mol. The maximum atomic E-state index is 9.77. The molecule has 284 valence electrons. The van der Waals surface area contributed by atoms with Crippen LogP contribution in [0.2, 0.25) is 0 Å². The number of nitriles is 2. The van der Waals surface area contributed by atoms with Gasteiger partial charge in [0.15, 0.2) is 11.8 Å². The molecule has 0 radical (unpaired) electrons. The zero-order valence-corrected chi connectivity index (χ0v) is 33.1. The first-order valence-electron chi connectivity index (χ1n) is 21.3. The van der Waals surface area contributed by atoms with Crippen molar-refractivity contribution in [3.63, 3.8) is 0 Å². The SMILES string of the molecule is CC12C3=CC=CC1C1=C(N=C(C#N)C(C#N)N1)C2=CC=C3c1ccc(-c2ccc(N3C4=C(C=CCC4)C4(C5=C(CCC=C5)C5C=CCCC54)c4ccccc43)cc2)cc1. The number of aliphatic imine (C=N–C) groups is 1. The third-order valence-corrected chi connectivity index (χ3v) is 15.0. The van der Waals surface area contributed by atoms with E-state index in [0.29, 0.717) is 11.8 Å². The number of hydrogen-bond donors (Lipinski definition) is 1. The maximum absolute atomic E-state index is 9.77. The van der Waals surface area contributed by atoms with Gasteiger partial charge in [-0.05, 0) is 113 Å². The highest BCUT2D eigenvalue weighted by Gasteiger charge is 2.59. The zero-order chi connectivity index (χ0) is 39.5. The number of para-hydroxylation sites is 1. The standard InChI is InChI=1S/C54H43N5/c1-53-40-17-10-18-45(53)51-52(58-48(32-56)47(31-55)57-51)46(53)30-29-37(40)35-23-21-33(22-24-35)34-25-27-36(28-26-34)59-49-19-8-6-15-43(49)54(44-16-7-9-20-50(44)59)41-13-4-2-11-38(41)39-12-3-5-14-42(39)54/h2,5-8,10-11,14-19,21-30,38,41,45,47,57H,3-4,9,12-13,20H2,1H3. The van der Waals surface area contributed by atoms with Gasteiger partial charge in [0.25, 0.3) is 0 Å². The first kappa shape index (κ1) is 34.4. The van der Waals surface area contributed by atoms with Crippen molar-refractivity contribution in [1.82, 2.24) is 5.32 Å². The molecule has 5 heteroatoms. The van der Waals surface area contributed by atoms with Gasteiger partial charge in [0.05, 0.1) is 22.9 Å². The Hall–Kier alpha value is -6.69. The van der Waals surface area contributed by atoms with Crippen LogP contribution in [0.25, 0.3) is 16.7 Å². The number of rotatable bonds is 3. The summed E-state index contributed by atoms with van der Waals surface area (Å²) < 4.78 is 0. The fourth-order valence-corrected chi connectivity index (χ4v) is 12.5. The van der Waals surface area contributed by atoms with Gasteiger partial charge in [0.1, 0.15) is 6.07 Å². The lowest BCUT2D eigenvalue weighted by Gasteiger charge is -2.50. The second-order valence-corrected chi connectivity index (χ2v) is 17.5. The number of allylic oxidation sites excluding steroid dienone is 18. The molecule has 3 aromatic carbocycles. The number of benzene rings is 3. The van der Waals surface area contributed by atoms with E-state index in [2.05, 4.69) is 169 Å². The molecule has 0 saturated carbocycles. The molecule has 0 aromatic heterocycles. The van der Waals surface area contributed by atoms with Gasteiger partial charge in [-0.1, -0.05) is 134 Å². The Balaban J connectivity index is 0.886. The lowest BCUT2D eigenvalue weighted by Crippen LogP contribution is -2.44. The average molecular weight is 762 g/mol. The van der Waals surface area contributed by atoms with E-state index in [4.69, 9.17) is 4.99 Å². The van der Waals surface area contributed by atoms with Gasteiger partial charge in [-0.3, -0.25) is 0 Å². The molecule has 0 fully saturated rings. The van der Waals surface area contributed by atoms with Crippen LogP contribution in [0.5, 0.6) is 0 Å². The molecule has 2 aliphatic heterocycles. The Labute approximate surface area is 346 Å². The van der Waals surface area contributed by atoms with Crippen LogP contribution in [0.3, 0.4) is 0 Å². The van der Waals surface area contributed by atoms with Gasteiger partial charge in [0.2, 0.25) is 0 Å². The summed E-state index contributed by atoms with van der Waals surface area (Å²) in [5, 5.41) is 22.9. The van der Waals surface area contributed by atoms with Crippen LogP contribution in [-0.2, 0) is 5.41 Å². The molecule has 5 nitrogen and oxygen atoms in total. The molecule has 2 heterocycles. The number of hydrogen-bond acceptors (Lipinski definition) is 5. The summed E-state index contributed by atoms with van der Waals surface area (Å²) in [5.74, 6) is 1.07. The van der Waals surface area contributed by atoms with E-state index in [1.807, 2.05) is 0 Å². The molecular formula is C54H43N5. The van der Waals surface area contributed by atoms with Gasteiger partial charge in [-0.25, -0.2) is 4.99 Å². The average Bonchev–Trinajstić information content (AvgIpc) is 3.72. The van der Waals surface area contributed by atoms with E-state index < -0.39 is 6.04 Å². The van der Waals surface area contributed by atoms with Gasteiger partial charge >= 0.3 is 0 Å². The summed E-state index contributed by atoms with van der Waals surface area (Å²) in [6.07, 6.45) is 32.6. The summed E-state index contributed by atoms with van der Waals surface area (Å²) >= 11 is 0. The van der Waals surface area contributed by atoms with Crippen molar-refractivity contribution in [2.75, 3.05) is 4.90 Å². The van der Waals surface area contributed by atoms with Crippen molar-refractivity contribution in [3.05, 3.63) is 196 Å². The predicted octanol–water partition coefficient (Wildman–Crippen LogP) is 11.7. The first-order chi connectivity index (χ1) is 29.0. The van der Waals surface area contributed by atoms with Crippen LogP contribution in [0.4, 0.5) is 11.4 Å². The molecule has 6 unspecified atom stereocenters. The quantitative estimate of drug-likeness (QED) is 0.270. The second-order valence-electron chi connectivity index (χ2n) is 17.5. The summed E-state index contributed by atoms with van der Waals surface area (Å²) in [7, 11) is 0. The Morgan fingerprint density at radius 1 is 0.780 bits per heavy atom. The van der Waals surface area contributed by atoms with Crippen LogP contribution in [0, 0.1) is 45.8 Å². The Kier molecular flexibility index (Phi) is 7.37. The van der Waals surface area contributed by atoms with Crippen LogP contribution in [0.1, 0.15) is 56.6 Å². The van der Waals surface area contributed by atoms with E-state index in [1.165, 1.54) is 63.3 Å². The first-order valence-corrected chi connectivity index (χ1v) is 21.3. The minimum Gasteiger partial charge on any atom is -0.365 e. The van der Waals surface area contributed by atoms with Crippen molar-refractivity contribution in [3.8, 4) is 23.3 Å². The Bertz CT molecular complexity index is 2850. The van der Waals surface area contributed by atoms with E-state index in [1.54, 1.807) is 11.1 Å². The van der Waals surface area contributed by atoms with Gasteiger partial charge < -0.3 is 10.2 Å². The summed E-state index contributed by atoms with van der Waals surface area (Å²) in [5.41, 5.74) is 18.8. The van der Waals surface area contributed by atoms with Crippen molar-refractivity contribution in [1.29, 1.82) is 10.5 Å². The fourth-order valence-electron chi connectivity index (χ4n) is 12.5. The number of anilines is 2. The summed E-state index contributed by atoms with van der Waals surface area (Å²) in [4.78, 5) is 7.32. The Morgan fingerprint density at radius 3 is 2.36 bits per heavy atom. The van der Waals surface area contributed by atoms with Crippen molar-refractivity contribution >= 4 is 22.7 Å². The molecule has 0 saturated heterocycles. The van der Waals surface area contributed by atoms with E-state index in [0.717, 1.165) is 48.2 Å². The molecule has 1 spiro atoms. The van der Waals surface area contributed by atoms with Crippen LogP contribution >= 0.6 is 0 Å². The van der Waals surface area contributed by atoms with Crippen molar-refractivity contribution in [2.24, 2.45) is 28.2 Å². The number of fused-ring (bicyclic) bond motifs is 9. The molecule has 1 N–H and O–H groups in total. The van der Waals surface area contributed by atoms with Crippen molar-refractivity contribution in [2.45, 2.75) is 56.9 Å². The number of nitrogens with zero attached hydrogens (tertiary/aromatic N) is 4. The smallest absolute Gasteiger partial charge is 0.167 e. The molecule has 0 amide bonds. The van der Waals surface area contributed by atoms with E-state index in [-0.39, 0.29) is 22.5 Å². The molecule has 12 rings (SSSR count). The second kappa shape index (κ2) is 12.7. The molecule has 59 heavy (non-hydrogen) atoms. The molecule has 6 atom stereocenters. The van der Waals surface area contributed by atoms with E-state index >= 15 is 0 Å². The van der Waals surface area contributed by atoms with Gasteiger partial charge in [0, 0.05) is 34.3 Å². The molecule has 7 aliphatic carbocycles. The summed E-state index contributed by atoms with van der Waals surface area (Å²) in [6, 6.07) is 31.1. The minimum atomic E-state index is -0.735. The van der Waals surface area contributed by atoms with Crippen LogP contribution in [0.15, 0.2) is 190 Å².